The van der Waals surface area contributed by atoms with Gasteiger partial charge in [-0.3, -0.25) is 0 Å². The van der Waals surface area contributed by atoms with Crippen LogP contribution >= 0.6 is 11.6 Å². The van der Waals surface area contributed by atoms with Crippen molar-refractivity contribution in [2.45, 2.75) is 19.7 Å². The van der Waals surface area contributed by atoms with Crippen LogP contribution in [0.15, 0.2) is 42.5 Å². The van der Waals surface area contributed by atoms with Gasteiger partial charge in [-0.1, -0.05) is 29.8 Å². The number of hydrogen-bond acceptors (Lipinski definition) is 1. The van der Waals surface area contributed by atoms with E-state index in [1.165, 1.54) is 5.56 Å². The first kappa shape index (κ1) is 12.0. The Morgan fingerprint density at radius 2 is 1.88 bits per heavy atom. The average Bonchev–Trinajstić information content (AvgIpc) is 2.33. The lowest BCUT2D eigenvalue weighted by Gasteiger charge is -2.10. The summed E-state index contributed by atoms with van der Waals surface area (Å²) >= 11 is 5.80. The van der Waals surface area contributed by atoms with Crippen molar-refractivity contribution in [3.05, 3.63) is 59.2 Å². The van der Waals surface area contributed by atoms with Gasteiger partial charge in [-0.2, -0.15) is 0 Å². The average molecular weight is 247 g/mol. The molecule has 0 bridgehead atoms. The van der Waals surface area contributed by atoms with Gasteiger partial charge in [0.25, 0.3) is 0 Å². The molecule has 0 spiro atoms. The van der Waals surface area contributed by atoms with Crippen LogP contribution in [0.3, 0.4) is 0 Å². The first-order valence-corrected chi connectivity index (χ1v) is 6.12. The summed E-state index contributed by atoms with van der Waals surface area (Å²) in [6, 6.07) is 14.0. The van der Waals surface area contributed by atoms with Crippen LogP contribution in [0.25, 0.3) is 0 Å². The fourth-order valence-corrected chi connectivity index (χ4v) is 1.90. The second-order valence-electron chi connectivity index (χ2n) is 4.15. The van der Waals surface area contributed by atoms with Crippen LogP contribution in [-0.4, -0.2) is 0 Å². The van der Waals surface area contributed by atoms with Crippen molar-refractivity contribution in [1.82, 2.24) is 0 Å². The van der Waals surface area contributed by atoms with Gasteiger partial charge in [-0.05, 0) is 43.2 Å². The standard InChI is InChI=1S/C15H15ClO/c1-11-6-7-15(12(2)8-11)17-14-5-3-4-13(9-14)10-16/h3-9H,10H2,1-2H3. The predicted molar refractivity (Wildman–Crippen MR) is 72.0 cm³/mol. The van der Waals surface area contributed by atoms with Gasteiger partial charge in [0.1, 0.15) is 11.5 Å². The smallest absolute Gasteiger partial charge is 0.130 e. The fourth-order valence-electron chi connectivity index (χ4n) is 1.73. The molecule has 0 aliphatic rings. The zero-order valence-electron chi connectivity index (χ0n) is 10.0. The van der Waals surface area contributed by atoms with E-state index in [0.29, 0.717) is 5.88 Å². The molecular weight excluding hydrogens is 232 g/mol. The van der Waals surface area contributed by atoms with E-state index in [1.54, 1.807) is 0 Å². The first-order valence-electron chi connectivity index (χ1n) is 5.59. The van der Waals surface area contributed by atoms with Gasteiger partial charge in [0.15, 0.2) is 0 Å². The van der Waals surface area contributed by atoms with E-state index in [2.05, 4.69) is 13.0 Å². The zero-order valence-corrected chi connectivity index (χ0v) is 10.8. The molecule has 1 nitrogen and oxygen atoms in total. The summed E-state index contributed by atoms with van der Waals surface area (Å²) in [4.78, 5) is 0. The van der Waals surface area contributed by atoms with E-state index < -0.39 is 0 Å². The summed E-state index contributed by atoms with van der Waals surface area (Å²) in [5, 5.41) is 0. The number of benzene rings is 2. The van der Waals surface area contributed by atoms with Crippen LogP contribution < -0.4 is 4.74 Å². The van der Waals surface area contributed by atoms with Crippen LogP contribution in [0, 0.1) is 13.8 Å². The largest absolute Gasteiger partial charge is 0.457 e. The number of rotatable bonds is 3. The molecule has 2 heteroatoms. The van der Waals surface area contributed by atoms with Crippen LogP contribution in [0.2, 0.25) is 0 Å². The molecule has 0 amide bonds. The van der Waals surface area contributed by atoms with Crippen molar-refractivity contribution in [2.24, 2.45) is 0 Å². The lowest BCUT2D eigenvalue weighted by molar-refractivity contribution is 0.478. The third-order valence-electron chi connectivity index (χ3n) is 2.61. The highest BCUT2D eigenvalue weighted by molar-refractivity contribution is 6.17. The molecule has 2 aromatic carbocycles. The summed E-state index contributed by atoms with van der Waals surface area (Å²) in [6.45, 7) is 4.12. The molecule has 88 valence electrons. The summed E-state index contributed by atoms with van der Waals surface area (Å²) in [6.07, 6.45) is 0. The van der Waals surface area contributed by atoms with Crippen LogP contribution in [0.1, 0.15) is 16.7 Å². The highest BCUT2D eigenvalue weighted by Gasteiger charge is 2.02. The number of ether oxygens (including phenoxy) is 1. The van der Waals surface area contributed by atoms with E-state index in [0.717, 1.165) is 22.6 Å². The Hall–Kier alpha value is -1.47. The summed E-state index contributed by atoms with van der Waals surface area (Å²) < 4.78 is 5.85. The minimum Gasteiger partial charge on any atom is -0.457 e. The van der Waals surface area contributed by atoms with E-state index in [4.69, 9.17) is 16.3 Å². The molecule has 0 unspecified atom stereocenters. The third kappa shape index (κ3) is 3.01. The summed E-state index contributed by atoms with van der Waals surface area (Å²) in [5.41, 5.74) is 3.44. The van der Waals surface area contributed by atoms with E-state index in [9.17, 15) is 0 Å². The van der Waals surface area contributed by atoms with Crippen molar-refractivity contribution < 1.29 is 4.74 Å². The van der Waals surface area contributed by atoms with Gasteiger partial charge in [-0.25, -0.2) is 0 Å². The Labute approximate surface area is 107 Å². The highest BCUT2D eigenvalue weighted by Crippen LogP contribution is 2.26. The second kappa shape index (κ2) is 5.24. The van der Waals surface area contributed by atoms with Gasteiger partial charge in [-0.15, -0.1) is 11.6 Å². The predicted octanol–water partition coefficient (Wildman–Crippen LogP) is 4.83. The molecule has 0 atom stereocenters. The topological polar surface area (TPSA) is 9.23 Å². The van der Waals surface area contributed by atoms with Crippen LogP contribution in [0.4, 0.5) is 0 Å². The Morgan fingerprint density at radius 3 is 2.59 bits per heavy atom. The molecule has 0 aliphatic heterocycles. The van der Waals surface area contributed by atoms with Crippen molar-refractivity contribution in [3.63, 3.8) is 0 Å². The van der Waals surface area contributed by atoms with Gasteiger partial charge in [0.2, 0.25) is 0 Å². The molecule has 2 aromatic rings. The Morgan fingerprint density at radius 1 is 1.06 bits per heavy atom. The second-order valence-corrected chi connectivity index (χ2v) is 4.42. The molecule has 0 radical (unpaired) electrons. The molecule has 0 heterocycles. The quantitative estimate of drug-likeness (QED) is 0.705. The van der Waals surface area contributed by atoms with Gasteiger partial charge < -0.3 is 4.74 Å². The molecule has 0 aliphatic carbocycles. The lowest BCUT2D eigenvalue weighted by atomic mass is 10.1. The Balaban J connectivity index is 2.25. The van der Waals surface area contributed by atoms with Gasteiger partial charge in [0, 0.05) is 5.88 Å². The van der Waals surface area contributed by atoms with E-state index in [-0.39, 0.29) is 0 Å². The Bertz CT molecular complexity index is 520. The maximum Gasteiger partial charge on any atom is 0.130 e. The first-order chi connectivity index (χ1) is 8.19. The number of alkyl halides is 1. The molecule has 0 fully saturated rings. The zero-order chi connectivity index (χ0) is 12.3. The summed E-state index contributed by atoms with van der Waals surface area (Å²) in [7, 11) is 0. The molecule has 0 saturated heterocycles. The monoisotopic (exact) mass is 246 g/mol. The van der Waals surface area contributed by atoms with Crippen molar-refractivity contribution in [3.8, 4) is 11.5 Å². The lowest BCUT2D eigenvalue weighted by Crippen LogP contribution is -1.89. The Kier molecular flexibility index (Phi) is 3.70. The van der Waals surface area contributed by atoms with Crippen molar-refractivity contribution in [2.75, 3.05) is 0 Å². The fraction of sp³-hybridized carbons (Fsp3) is 0.200. The molecule has 0 saturated carbocycles. The minimum atomic E-state index is 0.504. The third-order valence-corrected chi connectivity index (χ3v) is 2.92. The van der Waals surface area contributed by atoms with Gasteiger partial charge in [0.05, 0.1) is 0 Å². The van der Waals surface area contributed by atoms with Crippen LogP contribution in [0.5, 0.6) is 11.5 Å². The summed E-state index contributed by atoms with van der Waals surface area (Å²) in [5.74, 6) is 2.22. The molecule has 0 aromatic heterocycles. The number of hydrogen-bond donors (Lipinski definition) is 0. The molecule has 2 rings (SSSR count). The number of halogens is 1. The normalized spacial score (nSPS) is 10.3. The maximum absolute atomic E-state index is 5.85. The van der Waals surface area contributed by atoms with Crippen molar-refractivity contribution >= 4 is 11.6 Å². The van der Waals surface area contributed by atoms with Crippen molar-refractivity contribution in [1.29, 1.82) is 0 Å². The maximum atomic E-state index is 5.85. The van der Waals surface area contributed by atoms with Gasteiger partial charge >= 0.3 is 0 Å². The van der Waals surface area contributed by atoms with E-state index in [1.807, 2.05) is 43.3 Å². The molecular formula is C15H15ClO. The molecule has 17 heavy (non-hydrogen) atoms. The number of aryl methyl sites for hydroxylation is 2. The SMILES string of the molecule is Cc1ccc(Oc2cccc(CCl)c2)c(C)c1. The van der Waals surface area contributed by atoms with Crippen LogP contribution in [-0.2, 0) is 5.88 Å². The highest BCUT2D eigenvalue weighted by atomic mass is 35.5. The minimum absolute atomic E-state index is 0.504. The van der Waals surface area contributed by atoms with E-state index >= 15 is 0 Å². The molecule has 0 N–H and O–H groups in total.